The van der Waals surface area contributed by atoms with Gasteiger partial charge >= 0.3 is 0 Å². The number of aryl methyl sites for hydroxylation is 1. The molecule has 25 heavy (non-hydrogen) atoms. The first-order valence-electron chi connectivity index (χ1n) is 8.44. The number of H-pyrrole nitrogens is 1. The van der Waals surface area contributed by atoms with Gasteiger partial charge < -0.3 is 15.2 Å². The van der Waals surface area contributed by atoms with Gasteiger partial charge in [0.25, 0.3) is 11.5 Å². The third-order valence-electron chi connectivity index (χ3n) is 4.35. The highest BCUT2D eigenvalue weighted by molar-refractivity contribution is 5.94. The molecular formula is C19H21N3O3. The largest absolute Gasteiger partial charge is 0.347 e. The van der Waals surface area contributed by atoms with Gasteiger partial charge in [-0.2, -0.15) is 0 Å². The van der Waals surface area contributed by atoms with Crippen LogP contribution in [0.3, 0.4) is 0 Å². The number of nitrogens with zero attached hydrogens (tertiary/aromatic N) is 1. The minimum absolute atomic E-state index is 0.0420. The van der Waals surface area contributed by atoms with E-state index in [9.17, 15) is 14.4 Å². The van der Waals surface area contributed by atoms with Gasteiger partial charge in [-0.05, 0) is 30.5 Å². The monoisotopic (exact) mass is 339 g/mol. The van der Waals surface area contributed by atoms with Gasteiger partial charge in [0.15, 0.2) is 0 Å². The minimum Gasteiger partial charge on any atom is -0.347 e. The van der Waals surface area contributed by atoms with Crippen LogP contribution in [0.5, 0.6) is 0 Å². The molecule has 1 atom stereocenters. The Morgan fingerprint density at radius 2 is 1.96 bits per heavy atom. The molecule has 0 bridgehead atoms. The van der Waals surface area contributed by atoms with E-state index < -0.39 is 11.5 Å². The van der Waals surface area contributed by atoms with Crippen LogP contribution in [-0.4, -0.2) is 40.8 Å². The summed E-state index contributed by atoms with van der Waals surface area (Å²) in [6.07, 6.45) is 3.56. The summed E-state index contributed by atoms with van der Waals surface area (Å²) in [5.41, 5.74) is 0.892. The summed E-state index contributed by atoms with van der Waals surface area (Å²) < 4.78 is 0. The SMILES string of the molecule is O=C(N[C@@H]1CC(=O)N(CCCc2ccccc2)C1)c1ccc[nH]c1=O. The van der Waals surface area contributed by atoms with Gasteiger partial charge in [-0.15, -0.1) is 0 Å². The van der Waals surface area contributed by atoms with Crippen LogP contribution in [0.4, 0.5) is 0 Å². The molecular weight excluding hydrogens is 318 g/mol. The molecule has 3 rings (SSSR count). The Morgan fingerprint density at radius 3 is 2.72 bits per heavy atom. The van der Waals surface area contributed by atoms with Gasteiger partial charge in [0.1, 0.15) is 5.56 Å². The molecule has 0 spiro atoms. The van der Waals surface area contributed by atoms with Crippen molar-refractivity contribution in [3.63, 3.8) is 0 Å². The topological polar surface area (TPSA) is 82.3 Å². The van der Waals surface area contributed by atoms with Crippen molar-refractivity contribution in [3.8, 4) is 0 Å². The fourth-order valence-corrected chi connectivity index (χ4v) is 3.07. The number of carbonyl (C=O) groups is 2. The predicted octanol–water partition coefficient (Wildman–Crippen LogP) is 1.34. The molecule has 2 N–H and O–H groups in total. The summed E-state index contributed by atoms with van der Waals surface area (Å²) >= 11 is 0. The molecule has 0 radical (unpaired) electrons. The molecule has 0 unspecified atom stereocenters. The van der Waals surface area contributed by atoms with E-state index in [1.54, 1.807) is 11.0 Å². The second kappa shape index (κ2) is 7.79. The van der Waals surface area contributed by atoms with Crippen LogP contribution in [0.15, 0.2) is 53.5 Å². The van der Waals surface area contributed by atoms with E-state index in [4.69, 9.17) is 0 Å². The second-order valence-electron chi connectivity index (χ2n) is 6.22. The molecule has 0 saturated carbocycles. The molecule has 2 aromatic rings. The molecule has 1 aliphatic heterocycles. The predicted molar refractivity (Wildman–Crippen MR) is 94.3 cm³/mol. The highest BCUT2D eigenvalue weighted by Crippen LogP contribution is 2.13. The van der Waals surface area contributed by atoms with Crippen molar-refractivity contribution >= 4 is 11.8 Å². The Kier molecular flexibility index (Phi) is 5.28. The Bertz CT molecular complexity index is 801. The van der Waals surface area contributed by atoms with Gasteiger partial charge in [0.2, 0.25) is 5.91 Å². The lowest BCUT2D eigenvalue weighted by atomic mass is 10.1. The van der Waals surface area contributed by atoms with Crippen molar-refractivity contribution in [2.45, 2.75) is 25.3 Å². The van der Waals surface area contributed by atoms with Crippen molar-refractivity contribution < 1.29 is 9.59 Å². The van der Waals surface area contributed by atoms with E-state index in [1.165, 1.54) is 17.8 Å². The lowest BCUT2D eigenvalue weighted by Gasteiger charge is -2.17. The van der Waals surface area contributed by atoms with Crippen molar-refractivity contribution in [2.24, 2.45) is 0 Å². The summed E-state index contributed by atoms with van der Waals surface area (Å²) in [6.45, 7) is 1.16. The molecule has 1 fully saturated rings. The Labute approximate surface area is 145 Å². The normalized spacial score (nSPS) is 16.9. The van der Waals surface area contributed by atoms with Crippen LogP contribution in [0, 0.1) is 0 Å². The number of benzene rings is 1. The maximum absolute atomic E-state index is 12.2. The van der Waals surface area contributed by atoms with Gasteiger partial charge in [-0.1, -0.05) is 30.3 Å². The standard InChI is InChI=1S/C19H21N3O3/c23-17-12-15(21-19(25)16-9-4-10-20-18(16)24)13-22(17)11-5-8-14-6-2-1-3-7-14/h1-4,6-7,9-10,15H,5,8,11-13H2,(H,20,24)(H,21,25)/t15-/m1/s1. The molecule has 130 valence electrons. The van der Waals surface area contributed by atoms with E-state index in [-0.39, 0.29) is 23.9 Å². The number of rotatable bonds is 6. The summed E-state index contributed by atoms with van der Waals surface area (Å²) in [6, 6.07) is 13.0. The number of likely N-dealkylation sites (tertiary alicyclic amines) is 1. The molecule has 6 heteroatoms. The van der Waals surface area contributed by atoms with Crippen LogP contribution in [0.2, 0.25) is 0 Å². The highest BCUT2D eigenvalue weighted by atomic mass is 16.2. The zero-order chi connectivity index (χ0) is 17.6. The molecule has 1 saturated heterocycles. The van der Waals surface area contributed by atoms with Crippen LogP contribution < -0.4 is 10.9 Å². The second-order valence-corrected chi connectivity index (χ2v) is 6.22. The van der Waals surface area contributed by atoms with Gasteiger partial charge in [-0.25, -0.2) is 0 Å². The van der Waals surface area contributed by atoms with Crippen LogP contribution in [-0.2, 0) is 11.2 Å². The number of carbonyl (C=O) groups excluding carboxylic acids is 2. The minimum atomic E-state index is -0.439. The maximum Gasteiger partial charge on any atom is 0.260 e. The lowest BCUT2D eigenvalue weighted by molar-refractivity contribution is -0.127. The van der Waals surface area contributed by atoms with Crippen LogP contribution in [0.25, 0.3) is 0 Å². The lowest BCUT2D eigenvalue weighted by Crippen LogP contribution is -2.39. The fourth-order valence-electron chi connectivity index (χ4n) is 3.07. The van der Waals surface area contributed by atoms with E-state index in [0.717, 1.165) is 12.8 Å². The summed E-state index contributed by atoms with van der Waals surface area (Å²) in [7, 11) is 0. The van der Waals surface area contributed by atoms with Gasteiger partial charge in [0, 0.05) is 25.7 Å². The first-order valence-corrected chi connectivity index (χ1v) is 8.44. The number of aromatic amines is 1. The first-order chi connectivity index (χ1) is 12.1. The van der Waals surface area contributed by atoms with E-state index in [0.29, 0.717) is 13.1 Å². The number of amides is 2. The van der Waals surface area contributed by atoms with Crippen molar-refractivity contribution in [3.05, 3.63) is 70.1 Å². The number of hydrogen-bond acceptors (Lipinski definition) is 3. The Hall–Kier alpha value is -2.89. The third-order valence-corrected chi connectivity index (χ3v) is 4.35. The summed E-state index contributed by atoms with van der Waals surface area (Å²) in [5.74, 6) is -0.397. The zero-order valence-electron chi connectivity index (χ0n) is 13.9. The molecule has 1 aliphatic rings. The van der Waals surface area contributed by atoms with Gasteiger partial charge in [-0.3, -0.25) is 14.4 Å². The summed E-state index contributed by atoms with van der Waals surface area (Å²) in [4.78, 5) is 40.2. The zero-order valence-corrected chi connectivity index (χ0v) is 13.9. The molecule has 1 aromatic carbocycles. The fraction of sp³-hybridized carbons (Fsp3) is 0.316. The average molecular weight is 339 g/mol. The highest BCUT2D eigenvalue weighted by Gasteiger charge is 2.30. The first kappa shape index (κ1) is 17.0. The van der Waals surface area contributed by atoms with E-state index in [2.05, 4.69) is 22.4 Å². The number of nitrogens with one attached hydrogen (secondary N) is 2. The van der Waals surface area contributed by atoms with Crippen molar-refractivity contribution in [2.75, 3.05) is 13.1 Å². The van der Waals surface area contributed by atoms with E-state index >= 15 is 0 Å². The van der Waals surface area contributed by atoms with Gasteiger partial charge in [0.05, 0.1) is 6.04 Å². The van der Waals surface area contributed by atoms with Crippen molar-refractivity contribution in [1.29, 1.82) is 0 Å². The number of hydrogen-bond donors (Lipinski definition) is 2. The molecule has 6 nitrogen and oxygen atoms in total. The smallest absolute Gasteiger partial charge is 0.260 e. The quantitative estimate of drug-likeness (QED) is 0.833. The third kappa shape index (κ3) is 4.35. The Balaban J connectivity index is 1.49. The molecule has 2 amide bonds. The molecule has 2 heterocycles. The van der Waals surface area contributed by atoms with Crippen LogP contribution in [0.1, 0.15) is 28.8 Å². The number of pyridine rings is 1. The molecule has 0 aliphatic carbocycles. The van der Waals surface area contributed by atoms with Crippen molar-refractivity contribution in [1.82, 2.24) is 15.2 Å². The maximum atomic E-state index is 12.2. The number of aromatic nitrogens is 1. The average Bonchev–Trinajstić information content (AvgIpc) is 2.95. The van der Waals surface area contributed by atoms with E-state index in [1.807, 2.05) is 18.2 Å². The van der Waals surface area contributed by atoms with Crippen LogP contribution >= 0.6 is 0 Å². The molecule has 1 aromatic heterocycles. The summed E-state index contributed by atoms with van der Waals surface area (Å²) in [5, 5.41) is 2.78. The Morgan fingerprint density at radius 1 is 1.16 bits per heavy atom.